The van der Waals surface area contributed by atoms with Crippen molar-refractivity contribution in [1.29, 1.82) is 0 Å². The molecule has 146 valence electrons. The Morgan fingerprint density at radius 2 is 1.33 bits per heavy atom. The molecule has 0 amide bonds. The molecular weight excluding hydrogens is 380 g/mol. The van der Waals surface area contributed by atoms with Crippen molar-refractivity contribution in [3.05, 3.63) is 71.3 Å². The fraction of sp³-hybridized carbons (Fsp3) is 0.300. The molecular formula is C20H26N2O3S2. The molecule has 0 bridgehead atoms. The zero-order valence-electron chi connectivity index (χ0n) is 16.3. The van der Waals surface area contributed by atoms with E-state index >= 15 is 0 Å². The van der Waals surface area contributed by atoms with Crippen molar-refractivity contribution in [2.75, 3.05) is 0 Å². The van der Waals surface area contributed by atoms with Crippen LogP contribution in [0.15, 0.2) is 73.7 Å². The molecule has 0 saturated carbocycles. The number of hydrogen-bond donors (Lipinski definition) is 1. The average molecular weight is 407 g/mol. The maximum atomic E-state index is 13.7. The zero-order chi connectivity index (χ0) is 20.2. The van der Waals surface area contributed by atoms with Gasteiger partial charge in [0.05, 0.1) is 9.79 Å². The highest BCUT2D eigenvalue weighted by molar-refractivity contribution is 8.02. The predicted molar refractivity (Wildman–Crippen MR) is 110 cm³/mol. The molecule has 0 fully saturated rings. The first-order chi connectivity index (χ1) is 12.5. The second-order valence-corrected chi connectivity index (χ2v) is 10.6. The summed E-state index contributed by atoms with van der Waals surface area (Å²) in [7, 11) is -7.50. The molecule has 0 heterocycles. The molecule has 0 aliphatic heterocycles. The maximum absolute atomic E-state index is 13.7. The van der Waals surface area contributed by atoms with E-state index in [2.05, 4.69) is 8.49 Å². The summed E-state index contributed by atoms with van der Waals surface area (Å²) in [5.74, 6) is 0. The minimum Gasteiger partial charge on any atom is -0.228 e. The molecule has 0 aliphatic carbocycles. The van der Waals surface area contributed by atoms with Crippen LogP contribution in [-0.4, -0.2) is 18.7 Å². The van der Waals surface area contributed by atoms with E-state index in [1.165, 1.54) is 12.1 Å². The Morgan fingerprint density at radius 1 is 0.889 bits per heavy atom. The van der Waals surface area contributed by atoms with E-state index in [4.69, 9.17) is 0 Å². The van der Waals surface area contributed by atoms with Gasteiger partial charge >= 0.3 is 0 Å². The van der Waals surface area contributed by atoms with Crippen LogP contribution in [0.2, 0.25) is 0 Å². The van der Waals surface area contributed by atoms with Gasteiger partial charge in [-0.1, -0.05) is 50.8 Å². The number of hydrogen-bond acceptors (Lipinski definition) is 3. The van der Waals surface area contributed by atoms with Crippen LogP contribution in [-0.2, 0) is 19.9 Å². The number of nitrogens with zero attached hydrogens (tertiary/aromatic N) is 1. The lowest BCUT2D eigenvalue weighted by Crippen LogP contribution is -2.32. The fourth-order valence-electron chi connectivity index (χ4n) is 2.53. The van der Waals surface area contributed by atoms with Gasteiger partial charge in [0.1, 0.15) is 0 Å². The number of allylic oxidation sites excluding steroid dienone is 1. The average Bonchev–Trinajstić information content (AvgIpc) is 2.54. The minimum atomic E-state index is -4.10. The molecule has 0 aliphatic rings. The summed E-state index contributed by atoms with van der Waals surface area (Å²) in [6, 6.07) is 12.9. The zero-order valence-corrected chi connectivity index (χ0v) is 17.9. The Kier molecular flexibility index (Phi) is 6.62. The summed E-state index contributed by atoms with van der Waals surface area (Å²) in [5, 5.41) is 0. The second-order valence-electron chi connectivity index (χ2n) is 6.85. The topological polar surface area (TPSA) is 75.6 Å². The van der Waals surface area contributed by atoms with E-state index in [0.29, 0.717) is 4.90 Å². The van der Waals surface area contributed by atoms with Crippen LogP contribution in [0.5, 0.6) is 0 Å². The smallest absolute Gasteiger partial charge is 0.228 e. The maximum Gasteiger partial charge on any atom is 0.291 e. The number of rotatable bonds is 6. The van der Waals surface area contributed by atoms with Crippen molar-refractivity contribution < 1.29 is 12.6 Å². The van der Waals surface area contributed by atoms with Crippen molar-refractivity contribution in [3.63, 3.8) is 0 Å². The third kappa shape index (κ3) is 5.76. The summed E-state index contributed by atoms with van der Waals surface area (Å²) < 4.78 is 46.0. The molecule has 2 atom stereocenters. The normalized spacial score (nSPS) is 14.9. The first kappa shape index (κ1) is 21.3. The first-order valence-electron chi connectivity index (χ1n) is 8.61. The van der Waals surface area contributed by atoms with Crippen LogP contribution in [0.4, 0.5) is 0 Å². The van der Waals surface area contributed by atoms with Gasteiger partial charge in [0.2, 0.25) is 0 Å². The lowest BCUT2D eigenvalue weighted by atomic mass is 10.2. The van der Waals surface area contributed by atoms with Gasteiger partial charge in [-0.2, -0.15) is 8.42 Å². The molecule has 0 radical (unpaired) electrons. The van der Waals surface area contributed by atoms with Crippen molar-refractivity contribution in [1.82, 2.24) is 4.72 Å². The summed E-state index contributed by atoms with van der Waals surface area (Å²) in [5.41, 5.74) is 2.95. The van der Waals surface area contributed by atoms with Crippen LogP contribution in [0.25, 0.3) is 0 Å². The molecule has 2 aromatic rings. The highest BCUT2D eigenvalue weighted by atomic mass is 32.3. The molecule has 1 unspecified atom stereocenters. The summed E-state index contributed by atoms with van der Waals surface area (Å²) in [4.78, 5) is 0.349. The van der Waals surface area contributed by atoms with E-state index in [1.807, 2.05) is 40.7 Å². The summed E-state index contributed by atoms with van der Waals surface area (Å²) >= 11 is 0. The van der Waals surface area contributed by atoms with Crippen molar-refractivity contribution in [2.45, 2.75) is 50.5 Å². The Morgan fingerprint density at radius 3 is 1.78 bits per heavy atom. The van der Waals surface area contributed by atoms with Gasteiger partial charge < -0.3 is 0 Å². The van der Waals surface area contributed by atoms with E-state index in [9.17, 15) is 12.6 Å². The highest BCUT2D eigenvalue weighted by Gasteiger charge is 2.22. The largest absolute Gasteiger partial charge is 0.291 e. The summed E-state index contributed by atoms with van der Waals surface area (Å²) in [6.45, 7) is 9.43. The van der Waals surface area contributed by atoms with Crippen LogP contribution in [0, 0.1) is 13.8 Å². The lowest BCUT2D eigenvalue weighted by Gasteiger charge is -2.16. The number of aryl methyl sites for hydroxylation is 2. The number of nitrogens with one attached hydrogen (secondary N) is 1. The fourth-order valence-corrected chi connectivity index (χ4v) is 6.19. The predicted octanol–water partition coefficient (Wildman–Crippen LogP) is 4.38. The van der Waals surface area contributed by atoms with Gasteiger partial charge in [0, 0.05) is 6.04 Å². The van der Waals surface area contributed by atoms with Crippen LogP contribution < -0.4 is 4.72 Å². The lowest BCUT2D eigenvalue weighted by molar-refractivity contribution is 0.597. The molecule has 2 aromatic carbocycles. The number of sulfonamides is 1. The van der Waals surface area contributed by atoms with Crippen LogP contribution >= 0.6 is 0 Å². The minimum absolute atomic E-state index is 0.0182. The van der Waals surface area contributed by atoms with Gasteiger partial charge in [-0.3, -0.25) is 0 Å². The standard InChI is InChI=1S/C20H26N2O3S2/c1-15(2)14-18(5)21-26(23,19-10-6-16(3)7-11-19)22-27(24,25)20-12-8-17(4)9-13-20/h6-14,18H,1-5H3,(H,21,22,23)/t18-,26?/m1/s1. The van der Waals surface area contributed by atoms with Gasteiger partial charge in [0.25, 0.3) is 10.0 Å². The highest BCUT2D eigenvalue weighted by Crippen LogP contribution is 2.20. The number of benzene rings is 2. The molecule has 0 saturated heterocycles. The van der Waals surface area contributed by atoms with Gasteiger partial charge in [-0.05, 0) is 58.9 Å². The SMILES string of the molecule is CC(C)=C[C@@H](C)NS(=O)(=NS(=O)(=O)c1ccc(C)cc1)c1ccc(C)cc1. The molecule has 0 aromatic heterocycles. The summed E-state index contributed by atoms with van der Waals surface area (Å²) in [6.07, 6.45) is 1.88. The Labute approximate surface area is 162 Å². The van der Waals surface area contributed by atoms with E-state index in [0.717, 1.165) is 16.7 Å². The van der Waals surface area contributed by atoms with Crippen molar-refractivity contribution in [2.24, 2.45) is 3.77 Å². The van der Waals surface area contributed by atoms with E-state index < -0.39 is 19.9 Å². The van der Waals surface area contributed by atoms with Crippen LogP contribution in [0.1, 0.15) is 31.9 Å². The van der Waals surface area contributed by atoms with Crippen molar-refractivity contribution in [3.8, 4) is 0 Å². The molecule has 0 spiro atoms. The molecule has 1 N–H and O–H groups in total. The molecule has 27 heavy (non-hydrogen) atoms. The molecule has 2 rings (SSSR count). The third-order valence-corrected chi connectivity index (χ3v) is 7.89. The van der Waals surface area contributed by atoms with Gasteiger partial charge in [-0.25, -0.2) is 8.93 Å². The quantitative estimate of drug-likeness (QED) is 0.724. The third-order valence-electron chi connectivity index (χ3n) is 3.79. The first-order valence-corrected chi connectivity index (χ1v) is 11.6. The van der Waals surface area contributed by atoms with Gasteiger partial charge in [0.15, 0.2) is 9.92 Å². The van der Waals surface area contributed by atoms with E-state index in [-0.39, 0.29) is 10.9 Å². The van der Waals surface area contributed by atoms with Crippen molar-refractivity contribution >= 4 is 19.9 Å². The monoisotopic (exact) mass is 406 g/mol. The second kappa shape index (κ2) is 8.37. The Balaban J connectivity index is 2.62. The van der Waals surface area contributed by atoms with Gasteiger partial charge in [-0.15, -0.1) is 0 Å². The Bertz CT molecular complexity index is 1040. The molecule has 5 nitrogen and oxygen atoms in total. The molecule has 7 heteroatoms. The van der Waals surface area contributed by atoms with E-state index in [1.54, 1.807) is 36.4 Å². The Hall–Kier alpha value is -1.96. The van der Waals surface area contributed by atoms with Crippen LogP contribution in [0.3, 0.4) is 0 Å².